The predicted molar refractivity (Wildman–Crippen MR) is 48.8 cm³/mol. The predicted octanol–water partition coefficient (Wildman–Crippen LogP) is 2.16. The Morgan fingerprint density at radius 1 is 1.83 bits per heavy atom. The molecule has 64 valence electrons. The summed E-state index contributed by atoms with van der Waals surface area (Å²) in [6.45, 7) is 3.72. The second kappa shape index (κ2) is 2.46. The average molecular weight is 229 g/mol. The second-order valence-electron chi connectivity index (χ2n) is 3.22. The normalized spacial score (nSPS) is 38.9. The van der Waals surface area contributed by atoms with E-state index >= 15 is 0 Å². The molecule has 2 rings (SSSR count). The molecular weight excluding hydrogens is 220 g/mol. The molecule has 0 amide bonds. The van der Waals surface area contributed by atoms with Crippen LogP contribution in [0.25, 0.3) is 0 Å². The summed E-state index contributed by atoms with van der Waals surface area (Å²) in [5, 5.41) is 0. The fourth-order valence-corrected chi connectivity index (χ4v) is 2.21. The number of esters is 1. The molecule has 0 bridgehead atoms. The van der Waals surface area contributed by atoms with Gasteiger partial charge in [0, 0.05) is 5.92 Å². The lowest BCUT2D eigenvalue weighted by molar-refractivity contribution is -0.156. The molecule has 2 nitrogen and oxygen atoms in total. The van der Waals surface area contributed by atoms with Crippen LogP contribution in [0.4, 0.5) is 0 Å². The summed E-state index contributed by atoms with van der Waals surface area (Å²) in [6, 6.07) is 0. The summed E-state index contributed by atoms with van der Waals surface area (Å²) in [4.78, 5) is 11.1. The van der Waals surface area contributed by atoms with Crippen LogP contribution in [0.3, 0.4) is 0 Å². The number of halogens is 1. The minimum absolute atomic E-state index is 0.249. The first-order valence-corrected chi connectivity index (χ1v) is 4.71. The highest BCUT2D eigenvalue weighted by molar-refractivity contribution is 9.12. The van der Waals surface area contributed by atoms with E-state index in [0.29, 0.717) is 10.4 Å². The molecule has 1 spiro atoms. The van der Waals surface area contributed by atoms with Crippen molar-refractivity contribution in [1.82, 2.24) is 0 Å². The number of ether oxygens (including phenoxy) is 1. The minimum atomic E-state index is -0.350. The summed E-state index contributed by atoms with van der Waals surface area (Å²) in [5.41, 5.74) is -0.350. The van der Waals surface area contributed by atoms with Crippen molar-refractivity contribution in [1.29, 1.82) is 0 Å². The van der Waals surface area contributed by atoms with Crippen molar-refractivity contribution in [2.75, 3.05) is 0 Å². The van der Waals surface area contributed by atoms with Crippen LogP contribution in [0.2, 0.25) is 0 Å². The molecule has 0 aromatic carbocycles. The summed E-state index contributed by atoms with van der Waals surface area (Å²) < 4.78 is 5.80. The number of hydrogen-bond acceptors (Lipinski definition) is 2. The first kappa shape index (κ1) is 8.05. The largest absolute Gasteiger partial charge is 0.450 e. The van der Waals surface area contributed by atoms with Gasteiger partial charge in [0.15, 0.2) is 0 Å². The van der Waals surface area contributed by atoms with Crippen LogP contribution >= 0.6 is 15.9 Å². The second-order valence-corrected chi connectivity index (χ2v) is 4.07. The fraction of sp³-hybridized carbons (Fsp3) is 0.444. The van der Waals surface area contributed by atoms with Crippen molar-refractivity contribution >= 4 is 21.9 Å². The molecule has 1 aliphatic carbocycles. The van der Waals surface area contributed by atoms with Gasteiger partial charge in [-0.05, 0) is 34.8 Å². The van der Waals surface area contributed by atoms with Crippen molar-refractivity contribution in [2.45, 2.75) is 18.4 Å². The van der Waals surface area contributed by atoms with Crippen LogP contribution in [0.5, 0.6) is 0 Å². The van der Waals surface area contributed by atoms with Gasteiger partial charge in [-0.1, -0.05) is 6.08 Å². The van der Waals surface area contributed by atoms with Crippen LogP contribution in [0.15, 0.2) is 23.2 Å². The van der Waals surface area contributed by atoms with Gasteiger partial charge in [0.25, 0.3) is 0 Å². The van der Waals surface area contributed by atoms with E-state index in [0.717, 1.165) is 12.8 Å². The van der Waals surface area contributed by atoms with Crippen LogP contribution in [0.1, 0.15) is 12.8 Å². The molecule has 2 atom stereocenters. The molecule has 0 unspecified atom stereocenters. The smallest absolute Gasteiger partial charge is 0.345 e. The lowest BCUT2D eigenvalue weighted by atomic mass is 9.70. The molecule has 3 heteroatoms. The molecule has 1 saturated carbocycles. The van der Waals surface area contributed by atoms with E-state index in [1.165, 1.54) is 0 Å². The van der Waals surface area contributed by atoms with E-state index in [-0.39, 0.29) is 11.6 Å². The molecule has 1 aliphatic heterocycles. The van der Waals surface area contributed by atoms with Crippen LogP contribution < -0.4 is 0 Å². The first-order valence-electron chi connectivity index (χ1n) is 3.92. The summed E-state index contributed by atoms with van der Waals surface area (Å²) in [5.74, 6) is 0.0538. The van der Waals surface area contributed by atoms with E-state index in [1.807, 2.05) is 12.2 Å². The first-order chi connectivity index (χ1) is 5.68. The summed E-state index contributed by atoms with van der Waals surface area (Å²) >= 11 is 3.16. The van der Waals surface area contributed by atoms with Gasteiger partial charge in [-0.2, -0.15) is 0 Å². The third kappa shape index (κ3) is 0.891. The van der Waals surface area contributed by atoms with Crippen molar-refractivity contribution in [3.63, 3.8) is 0 Å². The van der Waals surface area contributed by atoms with Crippen molar-refractivity contribution in [3.05, 3.63) is 23.2 Å². The number of rotatable bonds is 1. The number of hydrogen-bond donors (Lipinski definition) is 0. The van der Waals surface area contributed by atoms with Crippen LogP contribution in [-0.4, -0.2) is 11.6 Å². The Balaban J connectivity index is 2.26. The Kier molecular flexibility index (Phi) is 1.65. The Morgan fingerprint density at radius 2 is 2.58 bits per heavy atom. The molecule has 0 saturated heterocycles. The highest BCUT2D eigenvalue weighted by Gasteiger charge is 2.51. The maximum atomic E-state index is 11.1. The van der Waals surface area contributed by atoms with Gasteiger partial charge in [-0.15, -0.1) is 6.58 Å². The minimum Gasteiger partial charge on any atom is -0.450 e. The SMILES string of the molecule is C=C[C@@H]1CC[C@@]12C=C(Br)C(=O)O2. The zero-order chi connectivity index (χ0) is 8.77. The van der Waals surface area contributed by atoms with Crippen molar-refractivity contribution in [2.24, 2.45) is 5.92 Å². The van der Waals surface area contributed by atoms with Crippen LogP contribution in [0, 0.1) is 5.92 Å². The molecule has 2 aliphatic rings. The monoisotopic (exact) mass is 228 g/mol. The van der Waals surface area contributed by atoms with E-state index in [2.05, 4.69) is 22.5 Å². The van der Waals surface area contributed by atoms with Gasteiger partial charge < -0.3 is 4.74 Å². The Bertz CT molecular complexity index is 282. The van der Waals surface area contributed by atoms with E-state index in [4.69, 9.17) is 4.74 Å². The lowest BCUT2D eigenvalue weighted by Crippen LogP contribution is -2.45. The lowest BCUT2D eigenvalue weighted by Gasteiger charge is -2.42. The zero-order valence-electron chi connectivity index (χ0n) is 6.55. The van der Waals surface area contributed by atoms with Gasteiger partial charge >= 0.3 is 5.97 Å². The molecule has 0 aromatic rings. The molecule has 0 N–H and O–H groups in total. The number of carbonyl (C=O) groups excluding carboxylic acids is 1. The van der Waals surface area contributed by atoms with E-state index in [9.17, 15) is 4.79 Å². The van der Waals surface area contributed by atoms with Crippen molar-refractivity contribution < 1.29 is 9.53 Å². The van der Waals surface area contributed by atoms with E-state index < -0.39 is 0 Å². The molecule has 1 heterocycles. The van der Waals surface area contributed by atoms with Gasteiger partial charge in [0.2, 0.25) is 0 Å². The maximum Gasteiger partial charge on any atom is 0.345 e. The van der Waals surface area contributed by atoms with E-state index in [1.54, 1.807) is 0 Å². The van der Waals surface area contributed by atoms with Gasteiger partial charge in [-0.25, -0.2) is 4.79 Å². The molecule has 12 heavy (non-hydrogen) atoms. The molecule has 1 fully saturated rings. The molecule has 0 radical (unpaired) electrons. The standard InChI is InChI=1S/C9H9BrO2/c1-2-6-3-4-9(6)5-7(10)8(11)12-9/h2,5-6H,1,3-4H2/t6-,9-/m1/s1. The third-order valence-electron chi connectivity index (χ3n) is 2.61. The Labute approximate surface area is 79.4 Å². The quantitative estimate of drug-likeness (QED) is 0.508. The Morgan fingerprint density at radius 3 is 2.92 bits per heavy atom. The molecule has 0 aromatic heterocycles. The summed E-state index contributed by atoms with van der Waals surface area (Å²) in [6.07, 6.45) is 5.71. The third-order valence-corrected chi connectivity index (χ3v) is 3.16. The topological polar surface area (TPSA) is 26.3 Å². The maximum absolute atomic E-state index is 11.1. The Hall–Kier alpha value is -0.570. The number of carbonyl (C=O) groups is 1. The summed E-state index contributed by atoms with van der Waals surface area (Å²) in [7, 11) is 0. The van der Waals surface area contributed by atoms with Gasteiger partial charge in [0.1, 0.15) is 10.1 Å². The zero-order valence-corrected chi connectivity index (χ0v) is 8.13. The van der Waals surface area contributed by atoms with Crippen LogP contribution in [-0.2, 0) is 9.53 Å². The highest BCUT2D eigenvalue weighted by Crippen LogP contribution is 2.48. The van der Waals surface area contributed by atoms with Gasteiger partial charge in [0.05, 0.1) is 0 Å². The molecular formula is C9H9BrO2. The highest BCUT2D eigenvalue weighted by atomic mass is 79.9. The average Bonchev–Trinajstić information content (AvgIpc) is 2.30. The van der Waals surface area contributed by atoms with Crippen molar-refractivity contribution in [3.8, 4) is 0 Å². The van der Waals surface area contributed by atoms with Gasteiger partial charge in [-0.3, -0.25) is 0 Å². The fourth-order valence-electron chi connectivity index (χ4n) is 1.74.